The van der Waals surface area contributed by atoms with Gasteiger partial charge in [0.2, 0.25) is 0 Å². The van der Waals surface area contributed by atoms with Crippen LogP contribution in [0.15, 0.2) is 64.5 Å². The number of hydrogen-bond donors (Lipinski definition) is 3. The predicted molar refractivity (Wildman–Crippen MR) is 120 cm³/mol. The van der Waals surface area contributed by atoms with E-state index < -0.39 is 17.9 Å². The Kier molecular flexibility index (Phi) is 6.92. The lowest BCUT2D eigenvalue weighted by Gasteiger charge is -2.18. The van der Waals surface area contributed by atoms with E-state index in [1.807, 2.05) is 6.92 Å². The summed E-state index contributed by atoms with van der Waals surface area (Å²) in [5, 5.41) is 14.2. The van der Waals surface area contributed by atoms with Crippen molar-refractivity contribution in [2.24, 2.45) is 11.0 Å². The number of benzene rings is 2. The molecule has 160 valence electrons. The number of aromatic nitrogens is 2. The molecule has 0 radical (unpaired) electrons. The van der Waals surface area contributed by atoms with E-state index in [0.29, 0.717) is 22.3 Å². The SMILES string of the molecule is CC(CC(C)C)=NNC(=O)C(NC(=O)c1ccccc1)c1n[nH]c(=O)c2ccccc12. The molecule has 0 saturated heterocycles. The van der Waals surface area contributed by atoms with Gasteiger partial charge in [-0.15, -0.1) is 0 Å². The maximum absolute atomic E-state index is 13.1. The van der Waals surface area contributed by atoms with Gasteiger partial charge in [-0.2, -0.15) is 10.2 Å². The summed E-state index contributed by atoms with van der Waals surface area (Å²) < 4.78 is 0. The second-order valence-corrected chi connectivity index (χ2v) is 7.68. The quantitative estimate of drug-likeness (QED) is 0.403. The van der Waals surface area contributed by atoms with Crippen LogP contribution in [0.1, 0.15) is 49.3 Å². The molecule has 0 fully saturated rings. The number of carbonyl (C=O) groups excluding carboxylic acids is 2. The summed E-state index contributed by atoms with van der Waals surface area (Å²) in [7, 11) is 0. The molecule has 8 heteroatoms. The zero-order chi connectivity index (χ0) is 22.4. The first-order valence-corrected chi connectivity index (χ1v) is 10.0. The zero-order valence-electron chi connectivity index (χ0n) is 17.7. The van der Waals surface area contributed by atoms with Crippen molar-refractivity contribution in [3.63, 3.8) is 0 Å². The molecule has 3 N–H and O–H groups in total. The summed E-state index contributed by atoms with van der Waals surface area (Å²) in [5.74, 6) is -0.614. The third kappa shape index (κ3) is 5.42. The van der Waals surface area contributed by atoms with Crippen molar-refractivity contribution in [2.75, 3.05) is 0 Å². The lowest BCUT2D eigenvalue weighted by molar-refractivity contribution is -0.123. The minimum absolute atomic E-state index is 0.230. The van der Waals surface area contributed by atoms with Crippen molar-refractivity contribution < 1.29 is 9.59 Å². The number of nitrogens with one attached hydrogen (secondary N) is 3. The van der Waals surface area contributed by atoms with E-state index >= 15 is 0 Å². The van der Waals surface area contributed by atoms with E-state index in [1.165, 1.54) is 0 Å². The molecule has 0 aliphatic rings. The second kappa shape index (κ2) is 9.80. The minimum Gasteiger partial charge on any atom is -0.335 e. The Hall–Kier alpha value is -3.81. The van der Waals surface area contributed by atoms with E-state index in [0.717, 1.165) is 12.1 Å². The van der Waals surface area contributed by atoms with Crippen molar-refractivity contribution in [2.45, 2.75) is 33.2 Å². The van der Waals surface area contributed by atoms with Crippen LogP contribution in [0.3, 0.4) is 0 Å². The first-order chi connectivity index (χ1) is 14.9. The molecule has 0 saturated carbocycles. The molecular formula is C23H25N5O3. The van der Waals surface area contributed by atoms with Gasteiger partial charge in [0.25, 0.3) is 17.4 Å². The molecule has 1 aromatic heterocycles. The fourth-order valence-electron chi connectivity index (χ4n) is 3.27. The van der Waals surface area contributed by atoms with Gasteiger partial charge in [-0.3, -0.25) is 14.4 Å². The molecule has 0 bridgehead atoms. The molecule has 31 heavy (non-hydrogen) atoms. The number of nitrogens with zero attached hydrogens (tertiary/aromatic N) is 2. The van der Waals surface area contributed by atoms with Crippen molar-refractivity contribution in [3.8, 4) is 0 Å². The number of amides is 2. The van der Waals surface area contributed by atoms with Gasteiger partial charge in [-0.25, -0.2) is 10.5 Å². The Morgan fingerprint density at radius 3 is 2.35 bits per heavy atom. The monoisotopic (exact) mass is 419 g/mol. The standard InChI is InChI=1S/C23H25N5O3/c1-14(2)13-15(3)25-28-23(31)20(24-21(29)16-9-5-4-6-10-16)19-17-11-7-8-12-18(17)22(30)27-26-19/h4-12,14,20H,13H2,1-3H3,(H,24,29)(H,27,30)(H,28,31). The Bertz CT molecular complexity index is 1170. The van der Waals surface area contributed by atoms with Crippen LogP contribution in [0.4, 0.5) is 0 Å². The largest absolute Gasteiger partial charge is 0.335 e. The molecule has 0 aliphatic heterocycles. The molecule has 2 aromatic carbocycles. The summed E-state index contributed by atoms with van der Waals surface area (Å²) in [4.78, 5) is 38.0. The average molecular weight is 419 g/mol. The van der Waals surface area contributed by atoms with Gasteiger partial charge in [-0.1, -0.05) is 50.2 Å². The molecule has 0 aliphatic carbocycles. The lowest BCUT2D eigenvalue weighted by atomic mass is 10.0. The summed E-state index contributed by atoms with van der Waals surface area (Å²) in [6.07, 6.45) is 0.723. The van der Waals surface area contributed by atoms with Crippen LogP contribution in [-0.2, 0) is 4.79 Å². The van der Waals surface area contributed by atoms with Crippen LogP contribution in [0.2, 0.25) is 0 Å². The fraction of sp³-hybridized carbons (Fsp3) is 0.261. The first-order valence-electron chi connectivity index (χ1n) is 10.0. The number of aromatic amines is 1. The number of hydrogen-bond acceptors (Lipinski definition) is 5. The number of fused-ring (bicyclic) bond motifs is 1. The minimum atomic E-state index is -1.16. The van der Waals surface area contributed by atoms with Crippen LogP contribution in [0.25, 0.3) is 10.8 Å². The van der Waals surface area contributed by atoms with E-state index in [1.54, 1.807) is 54.6 Å². The molecule has 1 unspecified atom stereocenters. The number of carbonyl (C=O) groups is 2. The highest BCUT2D eigenvalue weighted by Crippen LogP contribution is 2.20. The number of hydrazone groups is 1. The van der Waals surface area contributed by atoms with Gasteiger partial charge < -0.3 is 5.32 Å². The summed E-state index contributed by atoms with van der Waals surface area (Å²) in [6, 6.07) is 14.2. The van der Waals surface area contributed by atoms with Crippen molar-refractivity contribution in [3.05, 3.63) is 76.2 Å². The second-order valence-electron chi connectivity index (χ2n) is 7.68. The molecule has 0 spiro atoms. The van der Waals surface area contributed by atoms with Crippen molar-refractivity contribution >= 4 is 28.3 Å². The maximum Gasteiger partial charge on any atom is 0.272 e. The topological polar surface area (TPSA) is 116 Å². The van der Waals surface area contributed by atoms with E-state index in [2.05, 4.69) is 39.9 Å². The van der Waals surface area contributed by atoms with Gasteiger partial charge in [0.1, 0.15) is 5.69 Å². The van der Waals surface area contributed by atoms with Crippen LogP contribution in [-0.4, -0.2) is 27.7 Å². The fourth-order valence-corrected chi connectivity index (χ4v) is 3.27. The molecular weight excluding hydrogens is 394 g/mol. The molecule has 1 heterocycles. The Morgan fingerprint density at radius 1 is 1.03 bits per heavy atom. The molecule has 8 nitrogen and oxygen atoms in total. The summed E-state index contributed by atoms with van der Waals surface area (Å²) in [6.45, 7) is 5.94. The Morgan fingerprint density at radius 2 is 1.68 bits per heavy atom. The highest BCUT2D eigenvalue weighted by Gasteiger charge is 2.27. The van der Waals surface area contributed by atoms with Crippen molar-refractivity contribution in [1.29, 1.82) is 0 Å². The molecule has 3 rings (SSSR count). The summed E-state index contributed by atoms with van der Waals surface area (Å²) in [5.41, 5.74) is 3.54. The Balaban J connectivity index is 1.99. The van der Waals surface area contributed by atoms with Gasteiger partial charge in [-0.05, 0) is 37.5 Å². The molecule has 2 amide bonds. The third-order valence-electron chi connectivity index (χ3n) is 4.63. The third-order valence-corrected chi connectivity index (χ3v) is 4.63. The summed E-state index contributed by atoms with van der Waals surface area (Å²) >= 11 is 0. The van der Waals surface area contributed by atoms with Crippen molar-refractivity contribution in [1.82, 2.24) is 20.9 Å². The van der Waals surface area contributed by atoms with E-state index in [9.17, 15) is 14.4 Å². The van der Waals surface area contributed by atoms with E-state index in [-0.39, 0.29) is 11.3 Å². The normalized spacial score (nSPS) is 12.6. The van der Waals surface area contributed by atoms with Crippen LogP contribution < -0.4 is 16.3 Å². The molecule has 1 atom stereocenters. The maximum atomic E-state index is 13.1. The van der Waals surface area contributed by atoms with Gasteiger partial charge in [0, 0.05) is 16.7 Å². The smallest absolute Gasteiger partial charge is 0.272 e. The van der Waals surface area contributed by atoms with Gasteiger partial charge >= 0.3 is 0 Å². The highest BCUT2D eigenvalue weighted by atomic mass is 16.2. The Labute approximate surface area is 179 Å². The average Bonchev–Trinajstić information content (AvgIpc) is 2.76. The van der Waals surface area contributed by atoms with E-state index in [4.69, 9.17) is 0 Å². The predicted octanol–water partition coefficient (Wildman–Crippen LogP) is 2.93. The first kappa shape index (κ1) is 21.9. The van der Waals surface area contributed by atoms with Gasteiger partial charge in [0.05, 0.1) is 5.39 Å². The number of rotatable bonds is 7. The van der Waals surface area contributed by atoms with Crippen LogP contribution in [0, 0.1) is 5.92 Å². The zero-order valence-corrected chi connectivity index (χ0v) is 17.7. The molecule has 3 aromatic rings. The number of H-pyrrole nitrogens is 1. The lowest BCUT2D eigenvalue weighted by Crippen LogP contribution is -2.40. The van der Waals surface area contributed by atoms with Crippen LogP contribution >= 0.6 is 0 Å². The van der Waals surface area contributed by atoms with Gasteiger partial charge in [0.15, 0.2) is 6.04 Å². The van der Waals surface area contributed by atoms with Crippen LogP contribution in [0.5, 0.6) is 0 Å². The highest BCUT2D eigenvalue weighted by molar-refractivity contribution is 5.99.